The van der Waals surface area contributed by atoms with Gasteiger partial charge in [0.25, 0.3) is 0 Å². The summed E-state index contributed by atoms with van der Waals surface area (Å²) in [4.78, 5) is 12.4. The molecular weight excluding hydrogens is 280 g/mol. The Hall–Kier alpha value is -1.69. The van der Waals surface area contributed by atoms with Crippen molar-refractivity contribution in [2.24, 2.45) is 0 Å². The highest BCUT2D eigenvalue weighted by molar-refractivity contribution is 5.88. The molecule has 1 fully saturated rings. The van der Waals surface area contributed by atoms with Crippen molar-refractivity contribution in [3.63, 3.8) is 0 Å². The van der Waals surface area contributed by atoms with Gasteiger partial charge in [0.1, 0.15) is 17.3 Å². The first-order chi connectivity index (χ1) is 10.0. The molecule has 0 radical (unpaired) electrons. The molecular formula is C15H19F2NO3. The Morgan fingerprint density at radius 2 is 2.10 bits per heavy atom. The number of hydrogen-bond donors (Lipinski definition) is 1. The summed E-state index contributed by atoms with van der Waals surface area (Å²) < 4.78 is 33.7. The van der Waals surface area contributed by atoms with Gasteiger partial charge in [0.2, 0.25) is 0 Å². The molecule has 0 amide bonds. The highest BCUT2D eigenvalue weighted by Crippen LogP contribution is 2.28. The summed E-state index contributed by atoms with van der Waals surface area (Å²) in [5, 5.41) is 8.81. The van der Waals surface area contributed by atoms with Crippen molar-refractivity contribution in [2.75, 3.05) is 24.6 Å². The number of aromatic carboxylic acids is 1. The van der Waals surface area contributed by atoms with E-state index in [1.165, 1.54) is 0 Å². The molecule has 1 aromatic carbocycles. The number of halogens is 2. The van der Waals surface area contributed by atoms with Crippen LogP contribution in [0.25, 0.3) is 0 Å². The first kappa shape index (κ1) is 15.7. The minimum Gasteiger partial charge on any atom is -0.478 e. The second-order valence-corrected chi connectivity index (χ2v) is 5.17. The average molecular weight is 299 g/mol. The first-order valence-corrected chi connectivity index (χ1v) is 7.11. The standard InChI is InChI=1S/C15H19F2NO3/c1-2-6-21-11-4-3-5-18(9-11)14-12(16)7-10(15(19)20)8-13(14)17/h7-8,11H,2-6,9H2,1H3,(H,19,20). The molecule has 1 heterocycles. The summed E-state index contributed by atoms with van der Waals surface area (Å²) in [6, 6.07) is 1.72. The van der Waals surface area contributed by atoms with Gasteiger partial charge in [0.15, 0.2) is 0 Å². The number of piperidine rings is 1. The minimum atomic E-state index is -1.35. The van der Waals surface area contributed by atoms with E-state index in [1.807, 2.05) is 6.92 Å². The summed E-state index contributed by atoms with van der Waals surface area (Å²) in [6.07, 6.45) is 2.50. The number of rotatable bonds is 5. The maximum absolute atomic E-state index is 14.0. The summed E-state index contributed by atoms with van der Waals surface area (Å²) in [7, 11) is 0. The Balaban J connectivity index is 2.19. The zero-order chi connectivity index (χ0) is 15.4. The number of carbonyl (C=O) groups is 1. The Bertz CT molecular complexity index is 499. The van der Waals surface area contributed by atoms with Gasteiger partial charge in [-0.3, -0.25) is 0 Å². The van der Waals surface area contributed by atoms with Gasteiger partial charge in [-0.15, -0.1) is 0 Å². The number of carboxylic acid groups (broad SMARTS) is 1. The molecule has 4 nitrogen and oxygen atoms in total. The van der Waals surface area contributed by atoms with E-state index < -0.39 is 17.6 Å². The second-order valence-electron chi connectivity index (χ2n) is 5.17. The van der Waals surface area contributed by atoms with Crippen LogP contribution in [0.4, 0.5) is 14.5 Å². The average Bonchev–Trinajstić information content (AvgIpc) is 2.44. The van der Waals surface area contributed by atoms with Gasteiger partial charge in [-0.05, 0) is 31.4 Å². The molecule has 0 spiro atoms. The molecule has 1 N–H and O–H groups in total. The van der Waals surface area contributed by atoms with Crippen LogP contribution in [0.2, 0.25) is 0 Å². The van der Waals surface area contributed by atoms with Gasteiger partial charge in [-0.25, -0.2) is 13.6 Å². The lowest BCUT2D eigenvalue weighted by molar-refractivity contribution is 0.0438. The number of ether oxygens (including phenoxy) is 1. The molecule has 1 aliphatic rings. The van der Waals surface area contributed by atoms with Gasteiger partial charge in [-0.1, -0.05) is 6.92 Å². The molecule has 21 heavy (non-hydrogen) atoms. The molecule has 1 unspecified atom stereocenters. The largest absolute Gasteiger partial charge is 0.478 e. The van der Waals surface area contributed by atoms with Crippen molar-refractivity contribution in [1.29, 1.82) is 0 Å². The second kappa shape index (κ2) is 6.85. The van der Waals surface area contributed by atoms with E-state index in [9.17, 15) is 13.6 Å². The Kier molecular flexibility index (Phi) is 5.12. The zero-order valence-corrected chi connectivity index (χ0v) is 11.9. The lowest BCUT2D eigenvalue weighted by atomic mass is 10.1. The SMILES string of the molecule is CCCOC1CCCN(c2c(F)cc(C(=O)O)cc2F)C1. The number of nitrogens with zero attached hydrogens (tertiary/aromatic N) is 1. The van der Waals surface area contributed by atoms with E-state index in [-0.39, 0.29) is 17.4 Å². The number of carboxylic acids is 1. The molecule has 2 rings (SSSR count). The number of hydrogen-bond acceptors (Lipinski definition) is 3. The molecule has 0 bridgehead atoms. The third-order valence-corrected chi connectivity index (χ3v) is 3.52. The Morgan fingerprint density at radius 1 is 1.43 bits per heavy atom. The predicted octanol–water partition coefficient (Wildman–Crippen LogP) is 3.06. The van der Waals surface area contributed by atoms with E-state index in [2.05, 4.69) is 0 Å². The van der Waals surface area contributed by atoms with Gasteiger partial charge < -0.3 is 14.7 Å². The van der Waals surface area contributed by atoms with Crippen LogP contribution in [0, 0.1) is 11.6 Å². The smallest absolute Gasteiger partial charge is 0.335 e. The van der Waals surface area contributed by atoms with Crippen LogP contribution in [0.15, 0.2) is 12.1 Å². The van der Waals surface area contributed by atoms with E-state index in [1.54, 1.807) is 4.90 Å². The molecule has 0 aliphatic carbocycles. The zero-order valence-electron chi connectivity index (χ0n) is 11.9. The van der Waals surface area contributed by atoms with Crippen molar-refractivity contribution in [3.05, 3.63) is 29.3 Å². The van der Waals surface area contributed by atoms with Crippen LogP contribution >= 0.6 is 0 Å². The maximum atomic E-state index is 14.0. The normalized spacial score (nSPS) is 18.8. The first-order valence-electron chi connectivity index (χ1n) is 7.11. The third kappa shape index (κ3) is 3.69. The van der Waals surface area contributed by atoms with Crippen molar-refractivity contribution >= 4 is 11.7 Å². The molecule has 0 saturated carbocycles. The quantitative estimate of drug-likeness (QED) is 0.908. The van der Waals surface area contributed by atoms with Crippen LogP contribution in [0.1, 0.15) is 36.5 Å². The van der Waals surface area contributed by atoms with Gasteiger partial charge in [0, 0.05) is 19.7 Å². The molecule has 1 aliphatic heterocycles. The van der Waals surface area contributed by atoms with Gasteiger partial charge >= 0.3 is 5.97 Å². The highest BCUT2D eigenvalue weighted by Gasteiger charge is 2.26. The fourth-order valence-electron chi connectivity index (χ4n) is 2.55. The van der Waals surface area contributed by atoms with Crippen LogP contribution in [0.3, 0.4) is 0 Å². The third-order valence-electron chi connectivity index (χ3n) is 3.52. The van der Waals surface area contributed by atoms with Crippen LogP contribution in [-0.2, 0) is 4.74 Å². The lowest BCUT2D eigenvalue weighted by Gasteiger charge is -2.34. The van der Waals surface area contributed by atoms with Crippen LogP contribution in [0.5, 0.6) is 0 Å². The summed E-state index contributed by atoms with van der Waals surface area (Å²) in [6.45, 7) is 3.58. The van der Waals surface area contributed by atoms with Crippen molar-refractivity contribution in [1.82, 2.24) is 0 Å². The molecule has 1 saturated heterocycles. The fourth-order valence-corrected chi connectivity index (χ4v) is 2.55. The summed E-state index contributed by atoms with van der Waals surface area (Å²) in [5.41, 5.74) is -0.547. The minimum absolute atomic E-state index is 0.0448. The maximum Gasteiger partial charge on any atom is 0.335 e. The van der Waals surface area contributed by atoms with E-state index in [0.717, 1.165) is 31.4 Å². The molecule has 6 heteroatoms. The summed E-state index contributed by atoms with van der Waals surface area (Å²) >= 11 is 0. The van der Waals surface area contributed by atoms with Crippen molar-refractivity contribution < 1.29 is 23.4 Å². The van der Waals surface area contributed by atoms with Crippen LogP contribution < -0.4 is 4.90 Å². The van der Waals surface area contributed by atoms with Crippen molar-refractivity contribution in [2.45, 2.75) is 32.3 Å². The van der Waals surface area contributed by atoms with E-state index in [4.69, 9.17) is 9.84 Å². The molecule has 116 valence electrons. The predicted molar refractivity (Wildman–Crippen MR) is 74.8 cm³/mol. The highest BCUT2D eigenvalue weighted by atomic mass is 19.1. The molecule has 1 aromatic rings. The molecule has 1 atom stereocenters. The Morgan fingerprint density at radius 3 is 2.67 bits per heavy atom. The van der Waals surface area contributed by atoms with Crippen LogP contribution in [-0.4, -0.2) is 36.9 Å². The van der Waals surface area contributed by atoms with Crippen molar-refractivity contribution in [3.8, 4) is 0 Å². The van der Waals surface area contributed by atoms with E-state index >= 15 is 0 Å². The lowest BCUT2D eigenvalue weighted by Crippen LogP contribution is -2.40. The van der Waals surface area contributed by atoms with Gasteiger partial charge in [-0.2, -0.15) is 0 Å². The number of benzene rings is 1. The number of anilines is 1. The monoisotopic (exact) mass is 299 g/mol. The van der Waals surface area contributed by atoms with Gasteiger partial charge in [0.05, 0.1) is 11.7 Å². The molecule has 0 aromatic heterocycles. The topological polar surface area (TPSA) is 49.8 Å². The summed E-state index contributed by atoms with van der Waals surface area (Å²) in [5.74, 6) is -3.03. The fraction of sp³-hybridized carbons (Fsp3) is 0.533. The Labute approximate surface area is 122 Å². The van der Waals surface area contributed by atoms with E-state index in [0.29, 0.717) is 19.7 Å².